The van der Waals surface area contributed by atoms with Crippen molar-refractivity contribution in [3.05, 3.63) is 35.9 Å². The van der Waals surface area contributed by atoms with Gasteiger partial charge < -0.3 is 4.74 Å². The summed E-state index contributed by atoms with van der Waals surface area (Å²) in [5, 5.41) is 0. The first-order valence-electron chi connectivity index (χ1n) is 4.14. The van der Waals surface area contributed by atoms with Crippen molar-refractivity contribution >= 4 is 5.97 Å². The second kappa shape index (κ2) is 3.60. The number of methoxy groups -OCH3 is 1. The molecule has 0 aromatic heterocycles. The van der Waals surface area contributed by atoms with Crippen LogP contribution in [0.4, 0.5) is 0 Å². The highest BCUT2D eigenvalue weighted by Gasteiger charge is 2.30. The molecule has 1 rings (SSSR count). The molecule has 1 aromatic carbocycles. The minimum absolute atomic E-state index is 0.223. The molecule has 0 aliphatic carbocycles. The van der Waals surface area contributed by atoms with Crippen molar-refractivity contribution in [2.75, 3.05) is 7.11 Å². The number of hydrogen-bond acceptors (Lipinski definition) is 2. The maximum absolute atomic E-state index is 11.4. The van der Waals surface area contributed by atoms with Gasteiger partial charge in [0.15, 0.2) is 0 Å². The Kier molecular flexibility index (Phi) is 2.71. The molecule has 0 aliphatic rings. The SMILES string of the molecule is COC(=O)C(C)(C)c1cc[c]cc1. The predicted octanol–water partition coefficient (Wildman–Crippen LogP) is 1.94. The zero-order valence-corrected chi connectivity index (χ0v) is 8.13. The third kappa shape index (κ3) is 1.89. The monoisotopic (exact) mass is 177 g/mol. The molecule has 1 aromatic rings. The Bertz CT molecular complexity index is 288. The van der Waals surface area contributed by atoms with E-state index in [0.29, 0.717) is 0 Å². The number of benzene rings is 1. The van der Waals surface area contributed by atoms with Crippen LogP contribution in [0.25, 0.3) is 0 Å². The summed E-state index contributed by atoms with van der Waals surface area (Å²) in [5.74, 6) is -0.223. The molecule has 2 nitrogen and oxygen atoms in total. The van der Waals surface area contributed by atoms with Crippen LogP contribution in [0.2, 0.25) is 0 Å². The molecule has 0 bridgehead atoms. The molecule has 0 unspecified atom stereocenters. The molecule has 0 N–H and O–H groups in total. The van der Waals surface area contributed by atoms with Gasteiger partial charge in [-0.2, -0.15) is 0 Å². The molecule has 0 heterocycles. The van der Waals surface area contributed by atoms with Gasteiger partial charge in [0.05, 0.1) is 12.5 Å². The molecule has 0 saturated carbocycles. The fourth-order valence-electron chi connectivity index (χ4n) is 1.18. The minimum atomic E-state index is -0.580. The molecule has 69 valence electrons. The van der Waals surface area contributed by atoms with Crippen molar-refractivity contribution < 1.29 is 9.53 Å². The normalized spacial score (nSPS) is 11.0. The average molecular weight is 177 g/mol. The van der Waals surface area contributed by atoms with Crippen LogP contribution in [0.15, 0.2) is 24.3 Å². The third-order valence-electron chi connectivity index (χ3n) is 2.14. The van der Waals surface area contributed by atoms with E-state index in [9.17, 15) is 4.79 Å². The summed E-state index contributed by atoms with van der Waals surface area (Å²) in [6.07, 6.45) is 0. The van der Waals surface area contributed by atoms with Crippen LogP contribution < -0.4 is 0 Å². The van der Waals surface area contributed by atoms with Crippen molar-refractivity contribution in [1.29, 1.82) is 0 Å². The van der Waals surface area contributed by atoms with Crippen LogP contribution in [0.3, 0.4) is 0 Å². The standard InChI is InChI=1S/C11H13O2/c1-11(2,10(12)13-3)9-7-5-4-6-8-9/h5-8H,1-3H3. The summed E-state index contributed by atoms with van der Waals surface area (Å²) in [5.41, 5.74) is 0.363. The summed E-state index contributed by atoms with van der Waals surface area (Å²) in [7, 11) is 1.40. The highest BCUT2D eigenvalue weighted by molar-refractivity contribution is 5.81. The lowest BCUT2D eigenvalue weighted by Gasteiger charge is -2.21. The second-order valence-electron chi connectivity index (χ2n) is 3.41. The first-order valence-corrected chi connectivity index (χ1v) is 4.14. The van der Waals surface area contributed by atoms with Gasteiger partial charge in [0, 0.05) is 0 Å². The average Bonchev–Trinajstić information content (AvgIpc) is 2.18. The maximum atomic E-state index is 11.4. The fourth-order valence-corrected chi connectivity index (χ4v) is 1.18. The van der Waals surface area contributed by atoms with E-state index in [1.165, 1.54) is 7.11 Å². The number of ether oxygens (including phenoxy) is 1. The molecule has 0 amide bonds. The van der Waals surface area contributed by atoms with E-state index in [0.717, 1.165) is 5.56 Å². The maximum Gasteiger partial charge on any atom is 0.315 e. The van der Waals surface area contributed by atoms with Crippen molar-refractivity contribution in [2.45, 2.75) is 19.3 Å². The molecule has 0 aliphatic heterocycles. The van der Waals surface area contributed by atoms with Gasteiger partial charge in [-0.25, -0.2) is 0 Å². The highest BCUT2D eigenvalue weighted by atomic mass is 16.5. The second-order valence-corrected chi connectivity index (χ2v) is 3.41. The van der Waals surface area contributed by atoms with E-state index in [1.54, 1.807) is 12.1 Å². The van der Waals surface area contributed by atoms with Crippen LogP contribution in [0, 0.1) is 6.07 Å². The zero-order chi connectivity index (χ0) is 9.90. The van der Waals surface area contributed by atoms with Crippen LogP contribution in [-0.4, -0.2) is 13.1 Å². The van der Waals surface area contributed by atoms with Gasteiger partial charge in [0.2, 0.25) is 0 Å². The minimum Gasteiger partial charge on any atom is -0.468 e. The van der Waals surface area contributed by atoms with Gasteiger partial charge in [-0.3, -0.25) is 4.79 Å². The van der Waals surface area contributed by atoms with Crippen LogP contribution in [0.5, 0.6) is 0 Å². The van der Waals surface area contributed by atoms with Gasteiger partial charge in [-0.1, -0.05) is 24.3 Å². The highest BCUT2D eigenvalue weighted by Crippen LogP contribution is 2.23. The number of esters is 1. The Morgan fingerprint density at radius 1 is 1.38 bits per heavy atom. The number of hydrogen-bond donors (Lipinski definition) is 0. The summed E-state index contributed by atoms with van der Waals surface area (Å²) < 4.78 is 4.72. The summed E-state index contributed by atoms with van der Waals surface area (Å²) in [6.45, 7) is 3.68. The van der Waals surface area contributed by atoms with E-state index in [1.807, 2.05) is 26.0 Å². The van der Waals surface area contributed by atoms with Crippen LogP contribution in [0.1, 0.15) is 19.4 Å². The predicted molar refractivity (Wildman–Crippen MR) is 50.3 cm³/mol. The molecule has 13 heavy (non-hydrogen) atoms. The summed E-state index contributed by atoms with van der Waals surface area (Å²) in [6, 6.07) is 10.2. The van der Waals surface area contributed by atoms with Crippen molar-refractivity contribution in [3.8, 4) is 0 Å². The number of carbonyl (C=O) groups is 1. The lowest BCUT2D eigenvalue weighted by molar-refractivity contribution is -0.146. The Morgan fingerprint density at radius 2 is 1.92 bits per heavy atom. The van der Waals surface area contributed by atoms with Gasteiger partial charge >= 0.3 is 5.97 Å². The molecule has 0 spiro atoms. The Labute approximate surface area is 78.5 Å². The molecular formula is C11H13O2. The molecule has 2 heteroatoms. The van der Waals surface area contributed by atoms with E-state index in [2.05, 4.69) is 6.07 Å². The van der Waals surface area contributed by atoms with Crippen molar-refractivity contribution in [3.63, 3.8) is 0 Å². The lowest BCUT2D eigenvalue weighted by atomic mass is 9.85. The first kappa shape index (κ1) is 9.78. The van der Waals surface area contributed by atoms with Gasteiger partial charge in [0.1, 0.15) is 0 Å². The fraction of sp³-hybridized carbons (Fsp3) is 0.364. The summed E-state index contributed by atoms with van der Waals surface area (Å²) >= 11 is 0. The Morgan fingerprint density at radius 3 is 2.38 bits per heavy atom. The van der Waals surface area contributed by atoms with Crippen molar-refractivity contribution in [1.82, 2.24) is 0 Å². The van der Waals surface area contributed by atoms with Crippen LogP contribution in [-0.2, 0) is 14.9 Å². The number of rotatable bonds is 2. The van der Waals surface area contributed by atoms with Gasteiger partial charge in [-0.15, -0.1) is 0 Å². The van der Waals surface area contributed by atoms with Crippen LogP contribution >= 0.6 is 0 Å². The van der Waals surface area contributed by atoms with Crippen molar-refractivity contribution in [2.24, 2.45) is 0 Å². The molecule has 0 fully saturated rings. The van der Waals surface area contributed by atoms with Gasteiger partial charge in [0.25, 0.3) is 0 Å². The van der Waals surface area contributed by atoms with E-state index < -0.39 is 5.41 Å². The van der Waals surface area contributed by atoms with Gasteiger partial charge in [-0.05, 0) is 25.5 Å². The quantitative estimate of drug-likeness (QED) is 0.645. The molecule has 0 saturated heterocycles. The molecular weight excluding hydrogens is 164 g/mol. The first-order chi connectivity index (χ1) is 6.09. The Balaban J connectivity index is 3.00. The van der Waals surface area contributed by atoms with E-state index in [4.69, 9.17) is 4.74 Å². The largest absolute Gasteiger partial charge is 0.468 e. The third-order valence-corrected chi connectivity index (χ3v) is 2.14. The zero-order valence-electron chi connectivity index (χ0n) is 8.13. The molecule has 1 radical (unpaired) electrons. The smallest absolute Gasteiger partial charge is 0.315 e. The van der Waals surface area contributed by atoms with E-state index >= 15 is 0 Å². The number of carbonyl (C=O) groups excluding carboxylic acids is 1. The lowest BCUT2D eigenvalue weighted by Crippen LogP contribution is -2.30. The topological polar surface area (TPSA) is 26.3 Å². The van der Waals surface area contributed by atoms with E-state index in [-0.39, 0.29) is 5.97 Å². The molecule has 0 atom stereocenters. The Hall–Kier alpha value is -1.31. The summed E-state index contributed by atoms with van der Waals surface area (Å²) in [4.78, 5) is 11.4.